The van der Waals surface area contributed by atoms with E-state index < -0.39 is 6.09 Å². The van der Waals surface area contributed by atoms with Crippen LogP contribution < -0.4 is 26.0 Å². The summed E-state index contributed by atoms with van der Waals surface area (Å²) in [7, 11) is 3.48. The number of carbonyl (C=O) groups is 1. The fraction of sp³-hybridized carbons (Fsp3) is 0.235. The second kappa shape index (κ2) is 7.96. The van der Waals surface area contributed by atoms with Crippen LogP contribution in [0, 0.1) is 0 Å². The van der Waals surface area contributed by atoms with E-state index in [9.17, 15) is 4.79 Å². The van der Waals surface area contributed by atoms with Gasteiger partial charge in [0, 0.05) is 26.8 Å². The number of nitrogens with two attached hydrogens (primary N) is 1. The van der Waals surface area contributed by atoms with Crippen LogP contribution in [0.1, 0.15) is 11.3 Å². The highest BCUT2D eigenvalue weighted by Gasteiger charge is 2.17. The normalized spacial score (nSPS) is 13.1. The van der Waals surface area contributed by atoms with Crippen LogP contribution in [0.2, 0.25) is 0 Å². The second-order valence-corrected chi connectivity index (χ2v) is 6.17. The van der Waals surface area contributed by atoms with Crippen molar-refractivity contribution in [3.8, 4) is 5.75 Å². The maximum absolute atomic E-state index is 11.4. The molecule has 0 radical (unpaired) electrons. The molecule has 0 saturated carbocycles. The SMILES string of the molecule is CNC(=O)Oc1cccnc1NC(=S)N=C(N)c1cc2c(cn1)N(C)CC2. The number of nitrogens with one attached hydrogen (secondary N) is 2. The van der Waals surface area contributed by atoms with Crippen molar-refractivity contribution in [1.82, 2.24) is 15.3 Å². The minimum Gasteiger partial charge on any atom is -0.406 e. The van der Waals surface area contributed by atoms with Crippen LogP contribution in [0.4, 0.5) is 16.3 Å². The lowest BCUT2D eigenvalue weighted by atomic mass is 10.2. The number of ether oxygens (including phenoxy) is 1. The van der Waals surface area contributed by atoms with Crippen LogP contribution in [0.5, 0.6) is 5.75 Å². The van der Waals surface area contributed by atoms with Gasteiger partial charge in [0.25, 0.3) is 0 Å². The van der Waals surface area contributed by atoms with Gasteiger partial charge in [-0.15, -0.1) is 0 Å². The molecule has 0 saturated heterocycles. The molecule has 10 heteroatoms. The molecule has 1 aliphatic rings. The number of aliphatic imine (C=N–C) groups is 1. The third-order valence-corrected chi connectivity index (χ3v) is 4.17. The third-order valence-electron chi connectivity index (χ3n) is 3.98. The lowest BCUT2D eigenvalue weighted by Gasteiger charge is -2.11. The van der Waals surface area contributed by atoms with E-state index in [1.165, 1.54) is 18.8 Å². The highest BCUT2D eigenvalue weighted by atomic mass is 32.1. The standard InChI is InChI=1S/C17H19N7O2S/c1-19-17(25)26-13-4-3-6-20-15(13)23-16(27)22-14(18)11-8-10-5-7-24(2)12(10)9-21-11/h3-4,6,8-9H,5,7H2,1-2H3,(H,19,25)(H3,18,20,22,23,27). The largest absolute Gasteiger partial charge is 0.412 e. The molecule has 4 N–H and O–H groups in total. The van der Waals surface area contributed by atoms with E-state index in [4.69, 9.17) is 22.7 Å². The predicted molar refractivity (Wildman–Crippen MR) is 107 cm³/mol. The van der Waals surface area contributed by atoms with E-state index in [0.717, 1.165) is 18.7 Å². The third kappa shape index (κ3) is 4.29. The highest BCUT2D eigenvalue weighted by Crippen LogP contribution is 2.26. The van der Waals surface area contributed by atoms with Crippen molar-refractivity contribution in [2.45, 2.75) is 6.42 Å². The zero-order valence-electron chi connectivity index (χ0n) is 14.9. The summed E-state index contributed by atoms with van der Waals surface area (Å²) in [6.45, 7) is 0.950. The summed E-state index contributed by atoms with van der Waals surface area (Å²) < 4.78 is 5.11. The first-order chi connectivity index (χ1) is 13.0. The number of aromatic nitrogens is 2. The summed E-state index contributed by atoms with van der Waals surface area (Å²) in [6.07, 6.45) is 3.64. The summed E-state index contributed by atoms with van der Waals surface area (Å²) in [5, 5.41) is 5.25. The van der Waals surface area contributed by atoms with Gasteiger partial charge in [-0.05, 0) is 42.4 Å². The molecule has 27 heavy (non-hydrogen) atoms. The first-order valence-corrected chi connectivity index (χ1v) is 8.59. The van der Waals surface area contributed by atoms with E-state index in [2.05, 4.69) is 30.5 Å². The Labute approximate surface area is 161 Å². The fourth-order valence-corrected chi connectivity index (χ4v) is 2.79. The van der Waals surface area contributed by atoms with E-state index in [1.807, 2.05) is 13.1 Å². The minimum atomic E-state index is -0.618. The first kappa shape index (κ1) is 18.5. The summed E-state index contributed by atoms with van der Waals surface area (Å²) in [4.78, 5) is 26.2. The van der Waals surface area contributed by atoms with Crippen LogP contribution in [0.15, 0.2) is 35.6 Å². The summed E-state index contributed by atoms with van der Waals surface area (Å²) in [5.74, 6) is 0.660. The first-order valence-electron chi connectivity index (χ1n) is 8.18. The van der Waals surface area contributed by atoms with E-state index in [0.29, 0.717) is 5.69 Å². The van der Waals surface area contributed by atoms with Crippen LogP contribution in [0.3, 0.4) is 0 Å². The van der Waals surface area contributed by atoms with Gasteiger partial charge < -0.3 is 26.0 Å². The molecular formula is C17H19N7O2S. The lowest BCUT2D eigenvalue weighted by molar-refractivity contribution is 0.203. The molecule has 0 aromatic carbocycles. The molecule has 0 spiro atoms. The van der Waals surface area contributed by atoms with Crippen molar-refractivity contribution in [2.24, 2.45) is 10.7 Å². The van der Waals surface area contributed by atoms with Gasteiger partial charge in [0.1, 0.15) is 5.69 Å². The van der Waals surface area contributed by atoms with Crippen LogP contribution in [-0.4, -0.2) is 47.6 Å². The number of fused-ring (bicyclic) bond motifs is 1. The minimum absolute atomic E-state index is 0.0763. The summed E-state index contributed by atoms with van der Waals surface area (Å²) in [6, 6.07) is 5.13. The Hall–Kier alpha value is -3.27. The number of pyridine rings is 2. The molecule has 0 atom stereocenters. The number of carbonyl (C=O) groups excluding carboxylic acids is 1. The number of thiocarbonyl (C=S) groups is 1. The molecule has 0 bridgehead atoms. The molecule has 2 aromatic rings. The van der Waals surface area contributed by atoms with Crippen molar-refractivity contribution >= 4 is 40.8 Å². The monoisotopic (exact) mass is 385 g/mol. The van der Waals surface area contributed by atoms with Crippen molar-refractivity contribution < 1.29 is 9.53 Å². The van der Waals surface area contributed by atoms with Crippen LogP contribution in [0.25, 0.3) is 0 Å². The molecule has 3 rings (SSSR count). The van der Waals surface area contributed by atoms with Crippen molar-refractivity contribution in [3.05, 3.63) is 41.9 Å². The number of nitrogens with zero attached hydrogens (tertiary/aromatic N) is 4. The Morgan fingerprint density at radius 2 is 2.26 bits per heavy atom. The van der Waals surface area contributed by atoms with E-state index in [-0.39, 0.29) is 22.5 Å². The topological polar surface area (TPSA) is 118 Å². The molecule has 1 amide bonds. The Kier molecular flexibility index (Phi) is 5.46. The maximum atomic E-state index is 11.4. The zero-order chi connectivity index (χ0) is 19.4. The smallest absolute Gasteiger partial charge is 0.406 e. The Bertz CT molecular complexity index is 916. The van der Waals surface area contributed by atoms with Crippen molar-refractivity contribution in [3.63, 3.8) is 0 Å². The fourth-order valence-electron chi connectivity index (χ4n) is 2.60. The van der Waals surface area contributed by atoms with Gasteiger partial charge in [-0.3, -0.25) is 4.98 Å². The molecule has 2 aromatic heterocycles. The number of amides is 1. The highest BCUT2D eigenvalue weighted by molar-refractivity contribution is 7.80. The lowest BCUT2D eigenvalue weighted by Crippen LogP contribution is -2.23. The molecule has 9 nitrogen and oxygen atoms in total. The van der Waals surface area contributed by atoms with Gasteiger partial charge in [-0.2, -0.15) is 0 Å². The Balaban J connectivity index is 1.75. The van der Waals surface area contributed by atoms with E-state index >= 15 is 0 Å². The number of likely N-dealkylation sites (N-methyl/N-ethyl adjacent to an activating group) is 1. The molecule has 3 heterocycles. The summed E-state index contributed by atoms with van der Waals surface area (Å²) >= 11 is 5.22. The average Bonchev–Trinajstić information content (AvgIpc) is 3.03. The van der Waals surface area contributed by atoms with E-state index in [1.54, 1.807) is 18.3 Å². The van der Waals surface area contributed by atoms with Crippen LogP contribution >= 0.6 is 12.2 Å². The number of rotatable bonds is 3. The average molecular weight is 385 g/mol. The Morgan fingerprint density at radius 3 is 3.04 bits per heavy atom. The van der Waals surface area contributed by atoms with Gasteiger partial charge in [0.05, 0.1) is 11.9 Å². The predicted octanol–water partition coefficient (Wildman–Crippen LogP) is 1.29. The van der Waals surface area contributed by atoms with Gasteiger partial charge in [0.15, 0.2) is 17.4 Å². The maximum Gasteiger partial charge on any atom is 0.412 e. The van der Waals surface area contributed by atoms with Gasteiger partial charge in [-0.1, -0.05) is 0 Å². The Morgan fingerprint density at radius 1 is 1.44 bits per heavy atom. The molecule has 0 fully saturated rings. The molecule has 0 aliphatic carbocycles. The number of anilines is 2. The van der Waals surface area contributed by atoms with Gasteiger partial charge >= 0.3 is 6.09 Å². The zero-order valence-corrected chi connectivity index (χ0v) is 15.7. The molecule has 1 aliphatic heterocycles. The summed E-state index contributed by atoms with van der Waals surface area (Å²) in [5.41, 5.74) is 8.87. The molecule has 140 valence electrons. The van der Waals surface area contributed by atoms with Crippen LogP contribution in [-0.2, 0) is 6.42 Å². The second-order valence-electron chi connectivity index (χ2n) is 5.79. The van der Waals surface area contributed by atoms with Gasteiger partial charge in [-0.25, -0.2) is 14.8 Å². The molecular weight excluding hydrogens is 366 g/mol. The number of hydrogen-bond donors (Lipinski definition) is 3. The van der Waals surface area contributed by atoms with Gasteiger partial charge in [0.2, 0.25) is 5.11 Å². The number of amidine groups is 1. The number of hydrogen-bond acceptors (Lipinski definition) is 6. The van der Waals surface area contributed by atoms with Crippen molar-refractivity contribution in [1.29, 1.82) is 0 Å². The van der Waals surface area contributed by atoms with Crippen molar-refractivity contribution in [2.75, 3.05) is 30.9 Å². The molecule has 0 unspecified atom stereocenters. The quantitative estimate of drug-likeness (QED) is 0.411.